The number of rotatable bonds is 5. The number of likely N-dealkylation sites (tertiary alicyclic amines) is 1. The van der Waals surface area contributed by atoms with E-state index in [0.717, 1.165) is 55.4 Å². The van der Waals surface area contributed by atoms with E-state index >= 15 is 0 Å². The summed E-state index contributed by atoms with van der Waals surface area (Å²) >= 11 is 0. The average molecular weight is 370 g/mol. The monoisotopic (exact) mass is 370 g/mol. The van der Waals surface area contributed by atoms with Crippen LogP contribution in [-0.4, -0.2) is 47.1 Å². The van der Waals surface area contributed by atoms with Gasteiger partial charge in [0.25, 0.3) is 0 Å². The van der Waals surface area contributed by atoms with Gasteiger partial charge in [-0.1, -0.05) is 60.7 Å². The van der Waals surface area contributed by atoms with E-state index in [2.05, 4.69) is 39.4 Å². The van der Waals surface area contributed by atoms with Crippen molar-refractivity contribution >= 4 is 11.5 Å². The molecule has 0 unspecified atom stereocenters. The maximum absolute atomic E-state index is 5.33. The van der Waals surface area contributed by atoms with Crippen LogP contribution in [-0.2, 0) is 11.3 Å². The van der Waals surface area contributed by atoms with Crippen LogP contribution in [0.2, 0.25) is 0 Å². The minimum Gasteiger partial charge on any atom is -0.380 e. The third-order valence-electron chi connectivity index (χ3n) is 5.35. The molecule has 5 heteroatoms. The van der Waals surface area contributed by atoms with E-state index in [0.29, 0.717) is 11.2 Å². The van der Waals surface area contributed by atoms with Crippen molar-refractivity contribution in [1.29, 1.82) is 0 Å². The smallest absolute Gasteiger partial charge is 0.175 e. The van der Waals surface area contributed by atoms with Gasteiger partial charge in [-0.3, -0.25) is 4.90 Å². The normalized spacial score (nSPS) is 17.6. The summed E-state index contributed by atoms with van der Waals surface area (Å²) in [7, 11) is 0. The fourth-order valence-electron chi connectivity index (χ4n) is 3.92. The van der Waals surface area contributed by atoms with Gasteiger partial charge in [-0.05, 0) is 12.1 Å². The highest BCUT2D eigenvalue weighted by molar-refractivity contribution is 6.13. The standard InChI is InChI=1S/C23H22N4O/c1-3-7-18(8-4-1)22(19-9-5-2-6-10-19)24-21-12-11-20(25-26-21)13-27-14-23(15-27)16-28-17-23/h1-12H,13-17H2. The van der Waals surface area contributed by atoms with Crippen molar-refractivity contribution in [3.8, 4) is 0 Å². The molecule has 2 aliphatic rings. The van der Waals surface area contributed by atoms with E-state index < -0.39 is 0 Å². The minimum absolute atomic E-state index is 0.429. The van der Waals surface area contributed by atoms with Crippen molar-refractivity contribution < 1.29 is 4.74 Å². The van der Waals surface area contributed by atoms with Gasteiger partial charge in [0.1, 0.15) is 0 Å². The molecule has 140 valence electrons. The molecule has 0 saturated carbocycles. The number of aromatic nitrogens is 2. The summed E-state index contributed by atoms with van der Waals surface area (Å²) in [4.78, 5) is 7.21. The highest BCUT2D eigenvalue weighted by atomic mass is 16.5. The van der Waals surface area contributed by atoms with Crippen LogP contribution in [0.3, 0.4) is 0 Å². The lowest BCUT2D eigenvalue weighted by molar-refractivity contribution is -0.191. The number of hydrogen-bond acceptors (Lipinski definition) is 5. The number of ether oxygens (including phenoxy) is 1. The van der Waals surface area contributed by atoms with Gasteiger partial charge in [0, 0.05) is 36.2 Å². The lowest BCUT2D eigenvalue weighted by atomic mass is 9.78. The molecule has 28 heavy (non-hydrogen) atoms. The van der Waals surface area contributed by atoms with E-state index in [4.69, 9.17) is 9.73 Å². The second kappa shape index (κ2) is 7.26. The molecule has 0 amide bonds. The Kier molecular flexibility index (Phi) is 4.47. The Morgan fingerprint density at radius 3 is 2.00 bits per heavy atom. The molecule has 5 rings (SSSR count). The summed E-state index contributed by atoms with van der Waals surface area (Å²) in [5.41, 5.74) is 4.44. The first kappa shape index (κ1) is 17.2. The topological polar surface area (TPSA) is 50.6 Å². The van der Waals surface area contributed by atoms with E-state index in [1.807, 2.05) is 48.5 Å². The summed E-state index contributed by atoms with van der Waals surface area (Å²) in [6.07, 6.45) is 0. The third kappa shape index (κ3) is 3.46. The molecule has 2 saturated heterocycles. The quantitative estimate of drug-likeness (QED) is 0.645. The Hall–Kier alpha value is -2.89. The SMILES string of the molecule is c1ccc(C(=Nc2ccc(CN3CC4(COC4)C3)nn2)c2ccccc2)cc1. The van der Waals surface area contributed by atoms with Crippen molar-refractivity contribution in [3.63, 3.8) is 0 Å². The fraction of sp³-hybridized carbons (Fsp3) is 0.261. The van der Waals surface area contributed by atoms with Gasteiger partial charge < -0.3 is 4.74 Å². The second-order valence-corrected chi connectivity index (χ2v) is 7.71. The summed E-state index contributed by atoms with van der Waals surface area (Å²) in [5.74, 6) is 0.624. The number of benzene rings is 2. The maximum Gasteiger partial charge on any atom is 0.175 e. The Bertz CT molecular complexity index is 917. The van der Waals surface area contributed by atoms with Gasteiger partial charge in [-0.15, -0.1) is 5.10 Å². The number of aliphatic imine (C=N–C) groups is 1. The van der Waals surface area contributed by atoms with Gasteiger partial charge in [0.2, 0.25) is 0 Å². The molecule has 5 nitrogen and oxygen atoms in total. The van der Waals surface area contributed by atoms with Crippen molar-refractivity contribution in [2.75, 3.05) is 26.3 Å². The highest BCUT2D eigenvalue weighted by Crippen LogP contribution is 2.38. The van der Waals surface area contributed by atoms with Crippen molar-refractivity contribution in [2.24, 2.45) is 10.4 Å². The van der Waals surface area contributed by atoms with Crippen molar-refractivity contribution in [3.05, 3.63) is 89.6 Å². The van der Waals surface area contributed by atoms with E-state index in [1.54, 1.807) is 0 Å². The molecule has 3 aromatic rings. The predicted octanol–water partition coefficient (Wildman–Crippen LogP) is 3.48. The molecular formula is C23H22N4O. The molecule has 0 bridgehead atoms. The van der Waals surface area contributed by atoms with Crippen LogP contribution in [0.15, 0.2) is 77.8 Å². The van der Waals surface area contributed by atoms with E-state index in [9.17, 15) is 0 Å². The van der Waals surface area contributed by atoms with Crippen LogP contribution in [0.4, 0.5) is 5.82 Å². The van der Waals surface area contributed by atoms with Crippen molar-refractivity contribution in [1.82, 2.24) is 15.1 Å². The number of hydrogen-bond donors (Lipinski definition) is 0. The summed E-state index contributed by atoms with van der Waals surface area (Å²) < 4.78 is 5.33. The third-order valence-corrected chi connectivity index (χ3v) is 5.35. The lowest BCUT2D eigenvalue weighted by Gasteiger charge is -2.55. The van der Waals surface area contributed by atoms with Crippen LogP contribution in [0.5, 0.6) is 0 Å². The fourth-order valence-corrected chi connectivity index (χ4v) is 3.92. The molecule has 0 N–H and O–H groups in total. The van der Waals surface area contributed by atoms with Crippen molar-refractivity contribution in [2.45, 2.75) is 6.54 Å². The highest BCUT2D eigenvalue weighted by Gasteiger charge is 2.48. The summed E-state index contributed by atoms with van der Waals surface area (Å²) in [5, 5.41) is 8.77. The first-order valence-corrected chi connectivity index (χ1v) is 9.62. The molecule has 1 spiro atoms. The number of nitrogens with zero attached hydrogens (tertiary/aromatic N) is 4. The molecule has 2 aromatic carbocycles. The Balaban J connectivity index is 1.35. The summed E-state index contributed by atoms with van der Waals surface area (Å²) in [6.45, 7) is 4.85. The van der Waals surface area contributed by atoms with Crippen LogP contribution in [0.25, 0.3) is 0 Å². The Morgan fingerprint density at radius 2 is 1.50 bits per heavy atom. The van der Waals surface area contributed by atoms with Crippen LogP contribution < -0.4 is 0 Å². The molecule has 1 aromatic heterocycles. The molecular weight excluding hydrogens is 348 g/mol. The maximum atomic E-state index is 5.33. The first-order valence-electron chi connectivity index (χ1n) is 9.62. The molecule has 0 aliphatic carbocycles. The molecule has 3 heterocycles. The first-order chi connectivity index (χ1) is 13.8. The molecule has 0 atom stereocenters. The Morgan fingerprint density at radius 1 is 0.857 bits per heavy atom. The zero-order valence-electron chi connectivity index (χ0n) is 15.7. The van der Waals surface area contributed by atoms with Crippen LogP contribution in [0.1, 0.15) is 16.8 Å². The molecule has 2 fully saturated rings. The van der Waals surface area contributed by atoms with Crippen LogP contribution >= 0.6 is 0 Å². The summed E-state index contributed by atoms with van der Waals surface area (Å²) in [6, 6.07) is 24.4. The van der Waals surface area contributed by atoms with Gasteiger partial charge in [0.15, 0.2) is 5.82 Å². The lowest BCUT2D eigenvalue weighted by Crippen LogP contribution is -2.65. The second-order valence-electron chi connectivity index (χ2n) is 7.71. The average Bonchev–Trinajstić information content (AvgIpc) is 2.69. The van der Waals surface area contributed by atoms with Gasteiger partial charge in [0.05, 0.1) is 24.6 Å². The van der Waals surface area contributed by atoms with E-state index in [1.165, 1.54) is 0 Å². The zero-order valence-corrected chi connectivity index (χ0v) is 15.7. The molecule has 0 radical (unpaired) electrons. The Labute approximate surface area is 164 Å². The van der Waals surface area contributed by atoms with E-state index in [-0.39, 0.29) is 0 Å². The minimum atomic E-state index is 0.429. The van der Waals surface area contributed by atoms with Crippen LogP contribution in [0, 0.1) is 5.41 Å². The molecule has 2 aliphatic heterocycles. The largest absolute Gasteiger partial charge is 0.380 e. The van der Waals surface area contributed by atoms with Gasteiger partial charge in [-0.2, -0.15) is 5.10 Å². The van der Waals surface area contributed by atoms with Gasteiger partial charge >= 0.3 is 0 Å². The predicted molar refractivity (Wildman–Crippen MR) is 109 cm³/mol. The van der Waals surface area contributed by atoms with Gasteiger partial charge in [-0.25, -0.2) is 4.99 Å². The zero-order chi connectivity index (χ0) is 18.8.